The van der Waals surface area contributed by atoms with Gasteiger partial charge in [0.2, 0.25) is 0 Å². The van der Waals surface area contributed by atoms with Gasteiger partial charge in [0.1, 0.15) is 12.4 Å². The predicted octanol–water partition coefficient (Wildman–Crippen LogP) is 2.60. The summed E-state index contributed by atoms with van der Waals surface area (Å²) < 4.78 is 7.81. The van der Waals surface area contributed by atoms with Gasteiger partial charge in [0, 0.05) is 52.6 Å². The average molecular weight is 428 g/mol. The number of aryl methyl sites for hydroxylation is 1. The van der Waals surface area contributed by atoms with Crippen molar-refractivity contribution in [2.45, 2.75) is 45.8 Å². The van der Waals surface area contributed by atoms with Crippen molar-refractivity contribution in [2.24, 2.45) is 12.0 Å². The first-order chi connectivity index (χ1) is 15.1. The Kier molecular flexibility index (Phi) is 8.70. The van der Waals surface area contributed by atoms with Gasteiger partial charge in [0.05, 0.1) is 6.10 Å². The van der Waals surface area contributed by atoms with Crippen LogP contribution in [0.15, 0.2) is 35.3 Å². The van der Waals surface area contributed by atoms with E-state index < -0.39 is 0 Å². The van der Waals surface area contributed by atoms with E-state index in [2.05, 4.69) is 69.6 Å². The fourth-order valence-corrected chi connectivity index (χ4v) is 3.80. The van der Waals surface area contributed by atoms with Crippen molar-refractivity contribution < 1.29 is 4.74 Å². The Morgan fingerprint density at radius 1 is 1.23 bits per heavy atom. The van der Waals surface area contributed by atoms with Crippen LogP contribution in [-0.2, 0) is 18.3 Å². The molecular formula is C23H37N7O. The number of ether oxygens (including phenoxy) is 1. The third-order valence-corrected chi connectivity index (χ3v) is 5.85. The van der Waals surface area contributed by atoms with E-state index in [0.717, 1.165) is 69.7 Å². The standard InChI is InChI=1S/C23H37N7O/c1-5-31-21-12-16-30(17-13-21)23(25-18-22-27-26-19(2)29(22)4)24-14-9-15-28(3)20-10-7-6-8-11-20/h6-8,10-11,21H,5,9,12-18H2,1-4H3,(H,24,25). The van der Waals surface area contributed by atoms with E-state index in [-0.39, 0.29) is 0 Å². The largest absolute Gasteiger partial charge is 0.378 e. The smallest absolute Gasteiger partial charge is 0.194 e. The van der Waals surface area contributed by atoms with Crippen molar-refractivity contribution in [3.8, 4) is 0 Å². The summed E-state index contributed by atoms with van der Waals surface area (Å²) in [5.74, 6) is 2.74. The van der Waals surface area contributed by atoms with Crippen LogP contribution in [0.4, 0.5) is 5.69 Å². The van der Waals surface area contributed by atoms with Gasteiger partial charge in [-0.15, -0.1) is 10.2 Å². The molecule has 2 heterocycles. The van der Waals surface area contributed by atoms with Gasteiger partial charge < -0.3 is 24.4 Å². The van der Waals surface area contributed by atoms with Crippen LogP contribution in [0.5, 0.6) is 0 Å². The van der Waals surface area contributed by atoms with Crippen molar-refractivity contribution in [2.75, 3.05) is 44.7 Å². The Morgan fingerprint density at radius 3 is 2.61 bits per heavy atom. The molecule has 3 rings (SSSR count). The van der Waals surface area contributed by atoms with E-state index in [1.54, 1.807) is 0 Å². The third-order valence-electron chi connectivity index (χ3n) is 5.85. The summed E-state index contributed by atoms with van der Waals surface area (Å²) in [6, 6.07) is 10.5. The Labute approximate surface area is 186 Å². The van der Waals surface area contributed by atoms with Gasteiger partial charge >= 0.3 is 0 Å². The summed E-state index contributed by atoms with van der Waals surface area (Å²) in [6.07, 6.45) is 3.47. The number of rotatable bonds is 9. The van der Waals surface area contributed by atoms with E-state index >= 15 is 0 Å². The normalized spacial score (nSPS) is 15.4. The number of guanidine groups is 1. The molecule has 2 aromatic rings. The number of likely N-dealkylation sites (tertiary alicyclic amines) is 1. The Hall–Kier alpha value is -2.61. The number of hydrogen-bond acceptors (Lipinski definition) is 5. The molecule has 0 saturated carbocycles. The summed E-state index contributed by atoms with van der Waals surface area (Å²) in [6.45, 7) is 9.10. The first-order valence-electron chi connectivity index (χ1n) is 11.3. The van der Waals surface area contributed by atoms with Crippen molar-refractivity contribution in [1.82, 2.24) is 25.0 Å². The number of hydrogen-bond donors (Lipinski definition) is 1. The van der Waals surface area contributed by atoms with Gasteiger partial charge in [-0.05, 0) is 45.2 Å². The van der Waals surface area contributed by atoms with Crippen molar-refractivity contribution in [3.05, 3.63) is 42.0 Å². The quantitative estimate of drug-likeness (QED) is 0.377. The van der Waals surface area contributed by atoms with Crippen molar-refractivity contribution >= 4 is 11.6 Å². The topological polar surface area (TPSA) is 70.8 Å². The van der Waals surface area contributed by atoms with Crippen LogP contribution < -0.4 is 10.2 Å². The van der Waals surface area contributed by atoms with E-state index in [1.165, 1.54) is 5.69 Å². The van der Waals surface area contributed by atoms with Gasteiger partial charge in [-0.25, -0.2) is 4.99 Å². The van der Waals surface area contributed by atoms with E-state index in [0.29, 0.717) is 12.6 Å². The monoisotopic (exact) mass is 427 g/mol. The molecule has 1 fully saturated rings. The maximum Gasteiger partial charge on any atom is 0.194 e. The first kappa shape index (κ1) is 23.1. The molecule has 0 radical (unpaired) electrons. The molecule has 0 spiro atoms. The minimum Gasteiger partial charge on any atom is -0.378 e. The van der Waals surface area contributed by atoms with E-state index in [9.17, 15) is 0 Å². The molecule has 1 N–H and O–H groups in total. The molecule has 0 amide bonds. The zero-order chi connectivity index (χ0) is 22.1. The lowest BCUT2D eigenvalue weighted by molar-refractivity contribution is 0.0263. The number of benzene rings is 1. The summed E-state index contributed by atoms with van der Waals surface area (Å²) in [5.41, 5.74) is 1.24. The highest BCUT2D eigenvalue weighted by molar-refractivity contribution is 5.80. The zero-order valence-electron chi connectivity index (χ0n) is 19.4. The number of aromatic nitrogens is 3. The van der Waals surface area contributed by atoms with Gasteiger partial charge in [0.15, 0.2) is 11.8 Å². The molecule has 1 aromatic heterocycles. The van der Waals surface area contributed by atoms with Crippen LogP contribution in [0.25, 0.3) is 0 Å². The molecule has 1 aromatic carbocycles. The molecule has 31 heavy (non-hydrogen) atoms. The van der Waals surface area contributed by atoms with Crippen LogP contribution in [0, 0.1) is 6.92 Å². The highest BCUT2D eigenvalue weighted by Gasteiger charge is 2.22. The second kappa shape index (κ2) is 11.7. The number of aliphatic imine (C=N–C) groups is 1. The molecule has 0 aliphatic carbocycles. The Morgan fingerprint density at radius 2 is 1.97 bits per heavy atom. The van der Waals surface area contributed by atoms with Crippen LogP contribution in [0.3, 0.4) is 0 Å². The van der Waals surface area contributed by atoms with Crippen molar-refractivity contribution in [1.29, 1.82) is 0 Å². The van der Waals surface area contributed by atoms with Crippen molar-refractivity contribution in [3.63, 3.8) is 0 Å². The summed E-state index contributed by atoms with van der Waals surface area (Å²) in [4.78, 5) is 9.52. The number of anilines is 1. The minimum atomic E-state index is 0.364. The number of para-hydroxylation sites is 1. The van der Waals surface area contributed by atoms with Gasteiger partial charge in [-0.1, -0.05) is 18.2 Å². The minimum absolute atomic E-state index is 0.364. The lowest BCUT2D eigenvalue weighted by Crippen LogP contribution is -2.47. The molecule has 1 saturated heterocycles. The summed E-state index contributed by atoms with van der Waals surface area (Å²) >= 11 is 0. The highest BCUT2D eigenvalue weighted by Crippen LogP contribution is 2.14. The van der Waals surface area contributed by atoms with Gasteiger partial charge in [-0.3, -0.25) is 0 Å². The fraction of sp³-hybridized carbons (Fsp3) is 0.609. The molecule has 170 valence electrons. The zero-order valence-corrected chi connectivity index (χ0v) is 19.4. The molecule has 1 aliphatic rings. The molecular weight excluding hydrogens is 390 g/mol. The second-order valence-electron chi connectivity index (χ2n) is 8.04. The van der Waals surface area contributed by atoms with Crippen LogP contribution in [0.2, 0.25) is 0 Å². The molecule has 1 aliphatic heterocycles. The first-order valence-corrected chi connectivity index (χ1v) is 11.3. The van der Waals surface area contributed by atoms with Gasteiger partial charge in [-0.2, -0.15) is 0 Å². The lowest BCUT2D eigenvalue weighted by Gasteiger charge is -2.34. The molecule has 0 bridgehead atoms. The highest BCUT2D eigenvalue weighted by atomic mass is 16.5. The Balaban J connectivity index is 1.56. The molecule has 8 nitrogen and oxygen atoms in total. The van der Waals surface area contributed by atoms with Crippen LogP contribution in [0.1, 0.15) is 37.8 Å². The third kappa shape index (κ3) is 6.69. The lowest BCUT2D eigenvalue weighted by atomic mass is 10.1. The van der Waals surface area contributed by atoms with E-state index in [1.807, 2.05) is 18.5 Å². The van der Waals surface area contributed by atoms with Crippen LogP contribution in [-0.4, -0.2) is 71.6 Å². The molecule has 0 atom stereocenters. The summed E-state index contributed by atoms with van der Waals surface area (Å²) in [5, 5.41) is 12.0. The maximum atomic E-state index is 5.81. The Bertz CT molecular complexity index is 813. The second-order valence-corrected chi connectivity index (χ2v) is 8.04. The molecule has 8 heteroatoms. The number of nitrogens with one attached hydrogen (secondary N) is 1. The SMILES string of the molecule is CCOC1CCN(C(=NCc2nnc(C)n2C)NCCCN(C)c2ccccc2)CC1. The number of nitrogens with zero attached hydrogens (tertiary/aromatic N) is 6. The van der Waals surface area contributed by atoms with E-state index in [4.69, 9.17) is 9.73 Å². The average Bonchev–Trinajstić information content (AvgIpc) is 3.12. The van der Waals surface area contributed by atoms with Crippen LogP contribution >= 0.6 is 0 Å². The summed E-state index contributed by atoms with van der Waals surface area (Å²) in [7, 11) is 4.12. The molecule has 0 unspecified atom stereocenters. The van der Waals surface area contributed by atoms with Gasteiger partial charge in [0.25, 0.3) is 0 Å². The predicted molar refractivity (Wildman–Crippen MR) is 125 cm³/mol. The maximum absolute atomic E-state index is 5.81. The number of piperidine rings is 1. The fourth-order valence-electron chi connectivity index (χ4n) is 3.80.